The van der Waals surface area contributed by atoms with E-state index < -0.39 is 15.9 Å². The van der Waals surface area contributed by atoms with E-state index >= 15 is 0 Å². The number of benzene rings is 1. The normalized spacial score (nSPS) is 13.8. The van der Waals surface area contributed by atoms with E-state index in [1.54, 1.807) is 38.1 Å². The third kappa shape index (κ3) is 6.59. The number of esters is 1. The standard InChI is InChI=1S/C15H18Cl3NO4S/c1-4-23-14(21)19-12(15(16,17)18)10-5-7-11(8-6-10)24-9(2)13(20)22-3/h5-9,12H,4H2,1-3H3,(H,19,21). The molecule has 0 aliphatic carbocycles. The lowest BCUT2D eigenvalue weighted by molar-refractivity contribution is -0.139. The number of rotatable bonds is 6. The first-order valence-corrected chi connectivity index (χ1v) is 9.04. The summed E-state index contributed by atoms with van der Waals surface area (Å²) in [5.74, 6) is -0.313. The van der Waals surface area contributed by atoms with Crippen molar-refractivity contribution < 1.29 is 19.1 Å². The maximum atomic E-state index is 11.6. The van der Waals surface area contributed by atoms with Crippen LogP contribution in [0.3, 0.4) is 0 Å². The number of carbonyl (C=O) groups excluding carboxylic acids is 2. The molecule has 0 spiro atoms. The van der Waals surface area contributed by atoms with Gasteiger partial charge in [-0.1, -0.05) is 46.9 Å². The van der Waals surface area contributed by atoms with Gasteiger partial charge in [0.1, 0.15) is 11.3 Å². The van der Waals surface area contributed by atoms with Crippen LogP contribution in [-0.4, -0.2) is 34.8 Å². The van der Waals surface area contributed by atoms with Gasteiger partial charge in [0, 0.05) is 4.90 Å². The second-order valence-corrected chi connectivity index (χ2v) is 8.47. The number of amides is 1. The van der Waals surface area contributed by atoms with Crippen molar-refractivity contribution in [3.05, 3.63) is 29.8 Å². The van der Waals surface area contributed by atoms with Crippen LogP contribution >= 0.6 is 46.6 Å². The summed E-state index contributed by atoms with van der Waals surface area (Å²) < 4.78 is 7.76. The molecule has 1 aromatic carbocycles. The van der Waals surface area contributed by atoms with Gasteiger partial charge < -0.3 is 14.8 Å². The molecule has 0 fully saturated rings. The van der Waals surface area contributed by atoms with E-state index in [2.05, 4.69) is 10.1 Å². The smallest absolute Gasteiger partial charge is 0.407 e. The van der Waals surface area contributed by atoms with Crippen molar-refractivity contribution in [3.63, 3.8) is 0 Å². The second-order valence-electron chi connectivity index (χ2n) is 4.69. The van der Waals surface area contributed by atoms with Gasteiger partial charge in [0.25, 0.3) is 0 Å². The minimum absolute atomic E-state index is 0.208. The molecule has 2 atom stereocenters. The van der Waals surface area contributed by atoms with Gasteiger partial charge in [0.05, 0.1) is 13.7 Å². The zero-order valence-corrected chi connectivity index (χ0v) is 16.4. The number of ether oxygens (including phenoxy) is 2. The Balaban J connectivity index is 2.89. The molecule has 1 N–H and O–H groups in total. The van der Waals surface area contributed by atoms with E-state index in [0.29, 0.717) is 5.56 Å². The molecule has 0 heterocycles. The highest BCUT2D eigenvalue weighted by Gasteiger charge is 2.35. The fourth-order valence-electron chi connectivity index (χ4n) is 1.80. The van der Waals surface area contributed by atoms with Gasteiger partial charge in [-0.05, 0) is 31.5 Å². The number of alkyl halides is 3. The molecule has 1 aromatic rings. The number of alkyl carbamates (subject to hydrolysis) is 1. The molecular formula is C15H18Cl3NO4S. The van der Waals surface area contributed by atoms with Crippen LogP contribution in [0.2, 0.25) is 0 Å². The summed E-state index contributed by atoms with van der Waals surface area (Å²) in [7, 11) is 1.34. The third-order valence-corrected chi connectivity index (χ3v) is 4.67. The van der Waals surface area contributed by atoms with E-state index in [1.807, 2.05) is 0 Å². The van der Waals surface area contributed by atoms with Gasteiger partial charge in [-0.15, -0.1) is 11.8 Å². The molecule has 5 nitrogen and oxygen atoms in total. The Bertz CT molecular complexity index is 563. The predicted molar refractivity (Wildman–Crippen MR) is 97.0 cm³/mol. The van der Waals surface area contributed by atoms with Crippen molar-refractivity contribution in [1.29, 1.82) is 0 Å². The highest BCUT2D eigenvalue weighted by atomic mass is 35.6. The molecule has 24 heavy (non-hydrogen) atoms. The molecule has 134 valence electrons. The molecule has 0 saturated carbocycles. The van der Waals surface area contributed by atoms with Gasteiger partial charge in [-0.2, -0.15) is 0 Å². The Morgan fingerprint density at radius 3 is 2.29 bits per heavy atom. The Morgan fingerprint density at radius 1 is 1.25 bits per heavy atom. The molecule has 0 bridgehead atoms. The van der Waals surface area contributed by atoms with Crippen LogP contribution in [0.15, 0.2) is 29.2 Å². The van der Waals surface area contributed by atoms with Crippen LogP contribution in [0.1, 0.15) is 25.5 Å². The van der Waals surface area contributed by atoms with E-state index in [4.69, 9.17) is 39.5 Å². The number of hydrogen-bond donors (Lipinski definition) is 1. The highest BCUT2D eigenvalue weighted by Crippen LogP contribution is 2.40. The van der Waals surface area contributed by atoms with E-state index in [0.717, 1.165) is 4.90 Å². The second kappa shape index (κ2) is 9.61. The van der Waals surface area contributed by atoms with E-state index in [1.165, 1.54) is 18.9 Å². The van der Waals surface area contributed by atoms with Crippen LogP contribution in [0.5, 0.6) is 0 Å². The first-order chi connectivity index (χ1) is 11.2. The molecule has 0 aliphatic heterocycles. The molecule has 0 aliphatic rings. The van der Waals surface area contributed by atoms with Crippen molar-refractivity contribution in [2.24, 2.45) is 0 Å². The van der Waals surface area contributed by atoms with Crippen molar-refractivity contribution >= 4 is 58.6 Å². The SMILES string of the molecule is CCOC(=O)NC(c1ccc(SC(C)C(=O)OC)cc1)C(Cl)(Cl)Cl. The first kappa shape index (κ1) is 21.2. The summed E-state index contributed by atoms with van der Waals surface area (Å²) in [6, 6.07) is 6.10. The Kier molecular flexibility index (Phi) is 8.50. The van der Waals surface area contributed by atoms with Gasteiger partial charge in [0.15, 0.2) is 0 Å². The largest absolute Gasteiger partial charge is 0.468 e. The molecule has 9 heteroatoms. The topological polar surface area (TPSA) is 64.6 Å². The number of methoxy groups -OCH3 is 1. The van der Waals surface area contributed by atoms with E-state index in [9.17, 15) is 9.59 Å². The zero-order valence-electron chi connectivity index (χ0n) is 13.3. The third-order valence-electron chi connectivity index (χ3n) is 2.92. The van der Waals surface area contributed by atoms with Crippen LogP contribution in [0.4, 0.5) is 4.79 Å². The number of hydrogen-bond acceptors (Lipinski definition) is 5. The van der Waals surface area contributed by atoms with Crippen molar-refractivity contribution in [1.82, 2.24) is 5.32 Å². The van der Waals surface area contributed by atoms with Crippen molar-refractivity contribution in [2.45, 2.75) is 33.8 Å². The fourth-order valence-corrected chi connectivity index (χ4v) is 3.24. The molecule has 2 unspecified atom stereocenters. The molecule has 1 rings (SSSR count). The summed E-state index contributed by atoms with van der Waals surface area (Å²) in [5.41, 5.74) is 0.595. The highest BCUT2D eigenvalue weighted by molar-refractivity contribution is 8.00. The quantitative estimate of drug-likeness (QED) is 0.422. The fraction of sp³-hybridized carbons (Fsp3) is 0.467. The monoisotopic (exact) mass is 413 g/mol. The Hall–Kier alpha value is -0.820. The van der Waals surface area contributed by atoms with Crippen molar-refractivity contribution in [2.75, 3.05) is 13.7 Å². The van der Waals surface area contributed by atoms with Crippen molar-refractivity contribution in [3.8, 4) is 0 Å². The van der Waals surface area contributed by atoms with Gasteiger partial charge in [-0.25, -0.2) is 4.79 Å². The first-order valence-electron chi connectivity index (χ1n) is 7.03. The van der Waals surface area contributed by atoms with Crippen LogP contribution in [-0.2, 0) is 14.3 Å². The lowest BCUT2D eigenvalue weighted by Crippen LogP contribution is -2.36. The molecule has 0 aromatic heterocycles. The van der Waals surface area contributed by atoms with Gasteiger partial charge in [0.2, 0.25) is 3.79 Å². The lowest BCUT2D eigenvalue weighted by Gasteiger charge is -2.25. The van der Waals surface area contributed by atoms with Crippen LogP contribution < -0.4 is 5.32 Å². The minimum atomic E-state index is -1.75. The summed E-state index contributed by atoms with van der Waals surface area (Å²) >= 11 is 19.2. The summed E-state index contributed by atoms with van der Waals surface area (Å²) in [6.07, 6.45) is -0.674. The molecule has 0 radical (unpaired) electrons. The maximum absolute atomic E-state index is 11.6. The van der Waals surface area contributed by atoms with Gasteiger partial charge >= 0.3 is 12.1 Å². The summed E-state index contributed by atoms with van der Waals surface area (Å²) in [5, 5.41) is 2.18. The average Bonchev–Trinajstić information content (AvgIpc) is 2.52. The Morgan fingerprint density at radius 2 is 1.83 bits per heavy atom. The number of thioether (sulfide) groups is 1. The maximum Gasteiger partial charge on any atom is 0.407 e. The number of carbonyl (C=O) groups is 2. The lowest BCUT2D eigenvalue weighted by atomic mass is 10.1. The van der Waals surface area contributed by atoms with Crippen LogP contribution in [0, 0.1) is 0 Å². The Labute approximate surface area is 160 Å². The minimum Gasteiger partial charge on any atom is -0.468 e. The number of halogens is 3. The average molecular weight is 415 g/mol. The van der Waals surface area contributed by atoms with Crippen LogP contribution in [0.25, 0.3) is 0 Å². The molecule has 0 saturated heterocycles. The molecular weight excluding hydrogens is 397 g/mol. The summed E-state index contributed by atoms with van der Waals surface area (Å²) in [6.45, 7) is 3.63. The predicted octanol–water partition coefficient (Wildman–Crippen LogP) is 4.50. The zero-order chi connectivity index (χ0) is 18.3. The van der Waals surface area contributed by atoms with Gasteiger partial charge in [-0.3, -0.25) is 4.79 Å². The van der Waals surface area contributed by atoms with E-state index in [-0.39, 0.29) is 17.8 Å². The number of nitrogens with one attached hydrogen (secondary N) is 1. The molecule has 1 amide bonds. The summed E-state index contributed by atoms with van der Waals surface area (Å²) in [4.78, 5) is 23.9.